The predicted octanol–water partition coefficient (Wildman–Crippen LogP) is 1.97. The number of aromatic nitrogens is 1. The van der Waals surface area contributed by atoms with Crippen LogP contribution in [0.2, 0.25) is 0 Å². The van der Waals surface area contributed by atoms with Gasteiger partial charge in [0.2, 0.25) is 0 Å². The number of carbonyl (C=O) groups is 2. The molecule has 2 heterocycles. The van der Waals surface area contributed by atoms with E-state index >= 15 is 0 Å². The number of fused-ring (bicyclic) bond motifs is 1. The number of nitrogens with one attached hydrogen (secondary N) is 1. The van der Waals surface area contributed by atoms with E-state index in [1.165, 1.54) is 4.90 Å². The average molecular weight is 329 g/mol. The number of aliphatic hydroxyl groups is 1. The summed E-state index contributed by atoms with van der Waals surface area (Å²) in [6.07, 6.45) is 3.77. The van der Waals surface area contributed by atoms with E-state index in [9.17, 15) is 14.7 Å². The minimum absolute atomic E-state index is 0.369. The van der Waals surface area contributed by atoms with Gasteiger partial charge in [-0.3, -0.25) is 9.59 Å². The molecule has 0 bridgehead atoms. The molecule has 128 valence electrons. The van der Waals surface area contributed by atoms with Gasteiger partial charge in [0.15, 0.2) is 0 Å². The minimum atomic E-state index is -0.626. The molecule has 1 aliphatic heterocycles. The highest BCUT2D eigenvalue weighted by atomic mass is 16.3. The minimum Gasteiger partial charge on any atom is -0.393 e. The molecule has 3 rings (SSSR count). The number of nitrogens with zero attached hydrogens (tertiary/aromatic N) is 2. The Morgan fingerprint density at radius 1 is 1.25 bits per heavy atom. The summed E-state index contributed by atoms with van der Waals surface area (Å²) >= 11 is 0. The third-order valence-electron chi connectivity index (χ3n) is 4.44. The molecule has 2 amide bonds. The molecule has 6 nitrogen and oxygen atoms in total. The van der Waals surface area contributed by atoms with Crippen molar-refractivity contribution in [1.29, 1.82) is 0 Å². The standard InChI is InChI=1S/C18H23N3O3/c1-2-8-20-9-5-13-12-14(3-4-16(13)20)19-17(23)18(24)21-10-6-15(22)7-11-21/h3-5,9,12,15,22H,2,6-8,10-11H2,1H3,(H,19,23). The van der Waals surface area contributed by atoms with Crippen LogP contribution < -0.4 is 5.32 Å². The van der Waals surface area contributed by atoms with Crippen LogP contribution in [0, 0.1) is 0 Å². The number of aryl methyl sites for hydroxylation is 1. The van der Waals surface area contributed by atoms with E-state index in [0.29, 0.717) is 31.6 Å². The molecule has 0 spiro atoms. The second kappa shape index (κ2) is 7.05. The maximum atomic E-state index is 12.2. The third-order valence-corrected chi connectivity index (χ3v) is 4.44. The summed E-state index contributed by atoms with van der Waals surface area (Å²) in [5, 5.41) is 13.2. The first-order chi connectivity index (χ1) is 11.6. The fraction of sp³-hybridized carbons (Fsp3) is 0.444. The molecule has 6 heteroatoms. The number of carbonyl (C=O) groups excluding carboxylic acids is 2. The van der Waals surface area contributed by atoms with Crippen molar-refractivity contribution in [2.45, 2.75) is 38.8 Å². The molecule has 2 N–H and O–H groups in total. The molecule has 2 aromatic rings. The SMILES string of the molecule is CCCn1ccc2cc(NC(=O)C(=O)N3CCC(O)CC3)ccc21. The Hall–Kier alpha value is -2.34. The molecular weight excluding hydrogens is 306 g/mol. The lowest BCUT2D eigenvalue weighted by Crippen LogP contribution is -2.45. The monoisotopic (exact) mass is 329 g/mol. The number of rotatable bonds is 3. The zero-order valence-electron chi connectivity index (χ0n) is 13.9. The highest BCUT2D eigenvalue weighted by molar-refractivity contribution is 6.39. The van der Waals surface area contributed by atoms with Crippen molar-refractivity contribution < 1.29 is 14.7 Å². The van der Waals surface area contributed by atoms with E-state index in [1.807, 2.05) is 30.5 Å². The van der Waals surface area contributed by atoms with Gasteiger partial charge in [0.25, 0.3) is 0 Å². The molecule has 0 atom stereocenters. The van der Waals surface area contributed by atoms with Crippen molar-refractivity contribution in [1.82, 2.24) is 9.47 Å². The number of hydrogen-bond donors (Lipinski definition) is 2. The molecule has 0 aliphatic carbocycles. The number of benzene rings is 1. The fourth-order valence-corrected chi connectivity index (χ4v) is 3.11. The summed E-state index contributed by atoms with van der Waals surface area (Å²) in [6.45, 7) is 3.93. The summed E-state index contributed by atoms with van der Waals surface area (Å²) < 4.78 is 2.17. The maximum absolute atomic E-state index is 12.2. The number of hydrogen-bond acceptors (Lipinski definition) is 3. The van der Waals surface area contributed by atoms with Gasteiger partial charge in [0.05, 0.1) is 6.10 Å². The summed E-state index contributed by atoms with van der Waals surface area (Å²) in [6, 6.07) is 7.67. The molecule has 1 aromatic heterocycles. The Labute approximate surface area is 141 Å². The molecule has 0 saturated carbocycles. The quantitative estimate of drug-likeness (QED) is 0.846. The lowest BCUT2D eigenvalue weighted by molar-refractivity contribution is -0.144. The molecule has 1 fully saturated rings. The Balaban J connectivity index is 1.67. The second-order valence-corrected chi connectivity index (χ2v) is 6.26. The molecule has 0 unspecified atom stereocenters. The number of anilines is 1. The average Bonchev–Trinajstić information content (AvgIpc) is 2.97. The molecule has 1 saturated heterocycles. The van der Waals surface area contributed by atoms with Crippen molar-refractivity contribution in [2.75, 3.05) is 18.4 Å². The fourth-order valence-electron chi connectivity index (χ4n) is 3.11. The van der Waals surface area contributed by atoms with Crippen LogP contribution in [0.1, 0.15) is 26.2 Å². The zero-order valence-corrected chi connectivity index (χ0v) is 13.9. The van der Waals surface area contributed by atoms with Crippen molar-refractivity contribution in [3.05, 3.63) is 30.5 Å². The van der Waals surface area contributed by atoms with Gasteiger partial charge in [-0.2, -0.15) is 0 Å². The van der Waals surface area contributed by atoms with E-state index in [0.717, 1.165) is 23.9 Å². The van der Waals surface area contributed by atoms with Gasteiger partial charge >= 0.3 is 11.8 Å². The van der Waals surface area contributed by atoms with Crippen molar-refractivity contribution in [2.24, 2.45) is 0 Å². The smallest absolute Gasteiger partial charge is 0.313 e. The highest BCUT2D eigenvalue weighted by Gasteiger charge is 2.26. The number of piperidine rings is 1. The van der Waals surface area contributed by atoms with Gasteiger partial charge in [-0.05, 0) is 43.5 Å². The molecule has 1 aromatic carbocycles. The zero-order chi connectivity index (χ0) is 17.1. The van der Waals surface area contributed by atoms with Crippen LogP contribution in [-0.2, 0) is 16.1 Å². The first-order valence-electron chi connectivity index (χ1n) is 8.45. The van der Waals surface area contributed by atoms with E-state index in [4.69, 9.17) is 0 Å². The first-order valence-corrected chi connectivity index (χ1v) is 8.45. The summed E-state index contributed by atoms with van der Waals surface area (Å²) in [5.41, 5.74) is 1.73. The largest absolute Gasteiger partial charge is 0.393 e. The Morgan fingerprint density at radius 3 is 2.71 bits per heavy atom. The lowest BCUT2D eigenvalue weighted by Gasteiger charge is -2.28. The molecule has 0 radical (unpaired) electrons. The van der Waals surface area contributed by atoms with E-state index in [-0.39, 0.29) is 6.10 Å². The van der Waals surface area contributed by atoms with Crippen molar-refractivity contribution in [3.8, 4) is 0 Å². The maximum Gasteiger partial charge on any atom is 0.313 e. The van der Waals surface area contributed by atoms with Gasteiger partial charge in [-0.25, -0.2) is 0 Å². The van der Waals surface area contributed by atoms with E-state index in [2.05, 4.69) is 16.8 Å². The second-order valence-electron chi connectivity index (χ2n) is 6.26. The van der Waals surface area contributed by atoms with Gasteiger partial charge in [-0.15, -0.1) is 0 Å². The molecule has 1 aliphatic rings. The number of amides is 2. The van der Waals surface area contributed by atoms with Crippen LogP contribution in [0.4, 0.5) is 5.69 Å². The van der Waals surface area contributed by atoms with Gasteiger partial charge in [0.1, 0.15) is 0 Å². The van der Waals surface area contributed by atoms with Gasteiger partial charge < -0.3 is 19.9 Å². The number of likely N-dealkylation sites (tertiary alicyclic amines) is 1. The van der Waals surface area contributed by atoms with E-state index < -0.39 is 11.8 Å². The van der Waals surface area contributed by atoms with Gasteiger partial charge in [-0.1, -0.05) is 6.92 Å². The topological polar surface area (TPSA) is 74.6 Å². The first kappa shape index (κ1) is 16.5. The predicted molar refractivity (Wildman–Crippen MR) is 92.7 cm³/mol. The van der Waals surface area contributed by atoms with Crippen LogP contribution in [0.5, 0.6) is 0 Å². The summed E-state index contributed by atoms with van der Waals surface area (Å²) in [5.74, 6) is -1.16. The Kier molecular flexibility index (Phi) is 4.85. The Morgan fingerprint density at radius 2 is 2.00 bits per heavy atom. The van der Waals surface area contributed by atoms with Crippen molar-refractivity contribution in [3.63, 3.8) is 0 Å². The highest BCUT2D eigenvalue weighted by Crippen LogP contribution is 2.21. The van der Waals surface area contributed by atoms with Crippen LogP contribution >= 0.6 is 0 Å². The van der Waals surface area contributed by atoms with Crippen LogP contribution in [-0.4, -0.2) is 45.6 Å². The summed E-state index contributed by atoms with van der Waals surface area (Å²) in [7, 11) is 0. The normalized spacial score (nSPS) is 15.7. The van der Waals surface area contributed by atoms with Crippen LogP contribution in [0.15, 0.2) is 30.5 Å². The van der Waals surface area contributed by atoms with E-state index in [1.54, 1.807) is 0 Å². The number of aliphatic hydroxyl groups excluding tert-OH is 1. The van der Waals surface area contributed by atoms with Gasteiger partial charge in [0, 0.05) is 42.4 Å². The molecule has 24 heavy (non-hydrogen) atoms. The summed E-state index contributed by atoms with van der Waals surface area (Å²) in [4.78, 5) is 25.9. The Bertz CT molecular complexity index is 745. The van der Waals surface area contributed by atoms with Crippen LogP contribution in [0.3, 0.4) is 0 Å². The van der Waals surface area contributed by atoms with Crippen molar-refractivity contribution >= 4 is 28.4 Å². The third kappa shape index (κ3) is 3.43. The molecular formula is C18H23N3O3. The van der Waals surface area contributed by atoms with Crippen LogP contribution in [0.25, 0.3) is 10.9 Å². The lowest BCUT2D eigenvalue weighted by atomic mass is 10.1.